The Labute approximate surface area is 104 Å². The fourth-order valence-corrected chi connectivity index (χ4v) is 2.04. The van der Waals surface area contributed by atoms with Crippen LogP contribution in [0, 0.1) is 0 Å². The SMILES string of the molecule is CCOC(=O)c1cn2c(cn1)cc1ccccc12. The van der Waals surface area contributed by atoms with Gasteiger partial charge in [0.1, 0.15) is 0 Å². The van der Waals surface area contributed by atoms with Gasteiger partial charge in [0.15, 0.2) is 5.69 Å². The van der Waals surface area contributed by atoms with Gasteiger partial charge in [-0.1, -0.05) is 18.2 Å². The zero-order valence-electron chi connectivity index (χ0n) is 9.96. The number of para-hydroxylation sites is 1. The summed E-state index contributed by atoms with van der Waals surface area (Å²) in [5.74, 6) is -0.391. The maximum Gasteiger partial charge on any atom is 0.358 e. The van der Waals surface area contributed by atoms with E-state index in [4.69, 9.17) is 4.74 Å². The number of benzene rings is 1. The lowest BCUT2D eigenvalue weighted by atomic mass is 10.2. The Kier molecular flexibility index (Phi) is 2.48. The van der Waals surface area contributed by atoms with Crippen molar-refractivity contribution >= 4 is 22.4 Å². The number of aromatic nitrogens is 2. The van der Waals surface area contributed by atoms with Gasteiger partial charge in [-0.3, -0.25) is 0 Å². The standard InChI is InChI=1S/C14H12N2O2/c1-2-18-14(17)12-9-16-11(8-15-12)7-10-5-3-4-6-13(10)16/h3-9H,2H2,1H3. The first-order valence-electron chi connectivity index (χ1n) is 5.82. The summed E-state index contributed by atoms with van der Waals surface area (Å²) in [4.78, 5) is 15.8. The molecule has 18 heavy (non-hydrogen) atoms. The average molecular weight is 240 g/mol. The Hall–Kier alpha value is -2.36. The van der Waals surface area contributed by atoms with Crippen molar-refractivity contribution in [3.8, 4) is 0 Å². The topological polar surface area (TPSA) is 43.6 Å². The fourth-order valence-electron chi connectivity index (χ4n) is 2.04. The molecule has 0 fully saturated rings. The van der Waals surface area contributed by atoms with Crippen LogP contribution in [0.15, 0.2) is 42.7 Å². The van der Waals surface area contributed by atoms with E-state index < -0.39 is 5.97 Å². The minimum absolute atomic E-state index is 0.325. The first kappa shape index (κ1) is 10.8. The molecule has 0 radical (unpaired) electrons. The molecular weight excluding hydrogens is 228 g/mol. The number of esters is 1. The molecule has 0 saturated carbocycles. The maximum atomic E-state index is 11.6. The van der Waals surface area contributed by atoms with E-state index in [0.717, 1.165) is 16.4 Å². The van der Waals surface area contributed by atoms with Crippen LogP contribution >= 0.6 is 0 Å². The van der Waals surface area contributed by atoms with Gasteiger partial charge in [0.25, 0.3) is 0 Å². The van der Waals surface area contributed by atoms with Crippen molar-refractivity contribution in [2.75, 3.05) is 6.61 Å². The monoisotopic (exact) mass is 240 g/mol. The molecule has 3 rings (SSSR count). The van der Waals surface area contributed by atoms with Gasteiger partial charge >= 0.3 is 5.97 Å². The van der Waals surface area contributed by atoms with Gasteiger partial charge in [0.05, 0.1) is 23.8 Å². The van der Waals surface area contributed by atoms with Crippen LogP contribution in [0.4, 0.5) is 0 Å². The summed E-state index contributed by atoms with van der Waals surface area (Å²) in [5.41, 5.74) is 2.34. The predicted molar refractivity (Wildman–Crippen MR) is 68.7 cm³/mol. The number of ether oxygens (including phenoxy) is 1. The lowest BCUT2D eigenvalue weighted by Crippen LogP contribution is -2.08. The largest absolute Gasteiger partial charge is 0.461 e. The smallest absolute Gasteiger partial charge is 0.358 e. The number of carbonyl (C=O) groups excluding carboxylic acids is 1. The molecule has 0 atom stereocenters. The summed E-state index contributed by atoms with van der Waals surface area (Å²) < 4.78 is 6.90. The van der Waals surface area contributed by atoms with Gasteiger partial charge < -0.3 is 9.14 Å². The molecule has 0 spiro atoms. The van der Waals surface area contributed by atoms with Crippen LogP contribution in [0.25, 0.3) is 16.4 Å². The summed E-state index contributed by atoms with van der Waals surface area (Å²) in [5, 5.41) is 1.13. The number of fused-ring (bicyclic) bond motifs is 3. The summed E-state index contributed by atoms with van der Waals surface area (Å²) in [7, 11) is 0. The highest BCUT2D eigenvalue weighted by molar-refractivity contribution is 5.90. The third-order valence-electron chi connectivity index (χ3n) is 2.85. The number of hydrogen-bond acceptors (Lipinski definition) is 3. The van der Waals surface area contributed by atoms with Crippen molar-refractivity contribution in [3.05, 3.63) is 48.4 Å². The van der Waals surface area contributed by atoms with Crippen LogP contribution in [0.2, 0.25) is 0 Å². The van der Waals surface area contributed by atoms with Gasteiger partial charge in [-0.05, 0) is 19.1 Å². The zero-order valence-corrected chi connectivity index (χ0v) is 9.96. The minimum Gasteiger partial charge on any atom is -0.461 e. The van der Waals surface area contributed by atoms with Gasteiger partial charge in [-0.15, -0.1) is 0 Å². The molecule has 4 heteroatoms. The molecule has 0 amide bonds. The number of hydrogen-bond donors (Lipinski definition) is 0. The molecule has 0 aliphatic heterocycles. The highest BCUT2D eigenvalue weighted by Gasteiger charge is 2.10. The van der Waals surface area contributed by atoms with E-state index in [1.54, 1.807) is 19.3 Å². The minimum atomic E-state index is -0.391. The van der Waals surface area contributed by atoms with E-state index in [-0.39, 0.29) is 0 Å². The average Bonchev–Trinajstić information content (AvgIpc) is 2.76. The van der Waals surface area contributed by atoms with Crippen LogP contribution in [0.5, 0.6) is 0 Å². The van der Waals surface area contributed by atoms with Gasteiger partial charge in [-0.25, -0.2) is 9.78 Å². The quantitative estimate of drug-likeness (QED) is 0.647. The van der Waals surface area contributed by atoms with Crippen molar-refractivity contribution in [3.63, 3.8) is 0 Å². The molecule has 4 nitrogen and oxygen atoms in total. The van der Waals surface area contributed by atoms with Crippen molar-refractivity contribution in [1.29, 1.82) is 0 Å². The molecular formula is C14H12N2O2. The van der Waals surface area contributed by atoms with Gasteiger partial charge in [0.2, 0.25) is 0 Å². The first-order valence-corrected chi connectivity index (χ1v) is 5.82. The second-order valence-electron chi connectivity index (χ2n) is 3.99. The van der Waals surface area contributed by atoms with Crippen LogP contribution in [0.1, 0.15) is 17.4 Å². The second kappa shape index (κ2) is 4.14. The molecule has 2 heterocycles. The molecule has 2 aromatic heterocycles. The highest BCUT2D eigenvalue weighted by Crippen LogP contribution is 2.19. The van der Waals surface area contributed by atoms with Crippen LogP contribution in [-0.2, 0) is 4.74 Å². The lowest BCUT2D eigenvalue weighted by Gasteiger charge is -2.02. The zero-order chi connectivity index (χ0) is 12.5. The Morgan fingerprint density at radius 1 is 1.39 bits per heavy atom. The Balaban J connectivity index is 2.21. The van der Waals surface area contributed by atoms with Crippen molar-refractivity contribution in [2.24, 2.45) is 0 Å². The first-order chi connectivity index (χ1) is 8.79. The molecule has 0 aliphatic carbocycles. The lowest BCUT2D eigenvalue weighted by molar-refractivity contribution is 0.0519. The molecule has 0 unspecified atom stereocenters. The molecule has 3 aromatic rings. The van der Waals surface area contributed by atoms with Crippen molar-refractivity contribution in [2.45, 2.75) is 6.92 Å². The van der Waals surface area contributed by atoms with Crippen LogP contribution < -0.4 is 0 Å². The third kappa shape index (κ3) is 1.62. The summed E-state index contributed by atoms with van der Waals surface area (Å²) in [6, 6.07) is 10.0. The number of nitrogens with zero attached hydrogens (tertiary/aromatic N) is 2. The predicted octanol–water partition coefficient (Wildman–Crippen LogP) is 2.66. The molecule has 0 saturated heterocycles. The number of rotatable bonds is 2. The Bertz CT molecular complexity index is 731. The molecule has 0 bridgehead atoms. The third-order valence-corrected chi connectivity index (χ3v) is 2.85. The normalized spacial score (nSPS) is 10.9. The summed E-state index contributed by atoms with van der Waals surface area (Å²) in [6.07, 6.45) is 3.40. The van der Waals surface area contributed by atoms with Crippen LogP contribution in [0.3, 0.4) is 0 Å². The summed E-state index contributed by atoms with van der Waals surface area (Å²) in [6.45, 7) is 2.13. The van der Waals surface area contributed by atoms with Crippen molar-refractivity contribution < 1.29 is 9.53 Å². The number of carbonyl (C=O) groups is 1. The highest BCUT2D eigenvalue weighted by atomic mass is 16.5. The second-order valence-corrected chi connectivity index (χ2v) is 3.99. The summed E-state index contributed by atoms with van der Waals surface area (Å²) >= 11 is 0. The molecule has 90 valence electrons. The van der Waals surface area contributed by atoms with E-state index in [9.17, 15) is 4.79 Å². The van der Waals surface area contributed by atoms with Gasteiger partial charge in [-0.2, -0.15) is 0 Å². The van der Waals surface area contributed by atoms with Crippen molar-refractivity contribution in [1.82, 2.24) is 9.38 Å². The molecule has 0 aliphatic rings. The van der Waals surface area contributed by atoms with Crippen LogP contribution in [-0.4, -0.2) is 22.0 Å². The Morgan fingerprint density at radius 2 is 2.22 bits per heavy atom. The van der Waals surface area contributed by atoms with Gasteiger partial charge in [0, 0.05) is 11.6 Å². The van der Waals surface area contributed by atoms with E-state index in [1.165, 1.54) is 0 Å². The van der Waals surface area contributed by atoms with E-state index in [1.807, 2.05) is 34.7 Å². The van der Waals surface area contributed by atoms with E-state index in [0.29, 0.717) is 12.3 Å². The molecule has 0 N–H and O–H groups in total. The fraction of sp³-hybridized carbons (Fsp3) is 0.143. The van der Waals surface area contributed by atoms with E-state index in [2.05, 4.69) is 4.98 Å². The Morgan fingerprint density at radius 3 is 3.06 bits per heavy atom. The maximum absolute atomic E-state index is 11.6. The van der Waals surface area contributed by atoms with E-state index >= 15 is 0 Å². The molecule has 1 aromatic carbocycles.